The maximum Gasteiger partial charge on any atom is 0.163 e. The lowest BCUT2D eigenvalue weighted by Crippen LogP contribution is -2.24. The molecule has 0 saturated heterocycles. The zero-order valence-electron chi connectivity index (χ0n) is 15.2. The Labute approximate surface area is 161 Å². The van der Waals surface area contributed by atoms with Gasteiger partial charge < -0.3 is 9.84 Å². The Morgan fingerprint density at radius 1 is 1.25 bits per heavy atom. The van der Waals surface area contributed by atoms with Crippen LogP contribution < -0.4 is 0 Å². The molecule has 1 aliphatic carbocycles. The zero-order chi connectivity index (χ0) is 18.9. The Kier molecular flexibility index (Phi) is 4.34. The van der Waals surface area contributed by atoms with Gasteiger partial charge in [0.1, 0.15) is 17.9 Å². The molecule has 0 spiro atoms. The van der Waals surface area contributed by atoms with Crippen molar-refractivity contribution < 1.29 is 9.84 Å². The Hall–Kier alpha value is -3.10. The van der Waals surface area contributed by atoms with E-state index in [9.17, 15) is 5.11 Å². The summed E-state index contributed by atoms with van der Waals surface area (Å²) in [6.07, 6.45) is 7.90. The highest BCUT2D eigenvalue weighted by Crippen LogP contribution is 2.25. The van der Waals surface area contributed by atoms with E-state index >= 15 is 0 Å². The monoisotopic (exact) mass is 376 g/mol. The van der Waals surface area contributed by atoms with Crippen LogP contribution in [0.5, 0.6) is 0 Å². The van der Waals surface area contributed by atoms with Crippen LogP contribution in [0, 0.1) is 0 Å². The number of hydrogen-bond donors (Lipinski definition) is 2. The van der Waals surface area contributed by atoms with Crippen LogP contribution in [0.2, 0.25) is 0 Å². The second-order valence-corrected chi connectivity index (χ2v) is 6.98. The Balaban J connectivity index is 1.41. The van der Waals surface area contributed by atoms with E-state index in [2.05, 4.69) is 25.1 Å². The third-order valence-corrected chi connectivity index (χ3v) is 5.10. The van der Waals surface area contributed by atoms with Gasteiger partial charge in [-0.2, -0.15) is 5.10 Å². The van der Waals surface area contributed by atoms with Gasteiger partial charge in [-0.05, 0) is 37.5 Å². The van der Waals surface area contributed by atoms with Crippen LogP contribution in [0.4, 0.5) is 0 Å². The first-order valence-corrected chi connectivity index (χ1v) is 9.38. The molecule has 0 aliphatic heterocycles. The lowest BCUT2D eigenvalue weighted by atomic mass is 9.96. The number of fused-ring (bicyclic) bond motifs is 1. The highest BCUT2D eigenvalue weighted by molar-refractivity contribution is 5.74. The van der Waals surface area contributed by atoms with Crippen LogP contribution in [0.25, 0.3) is 28.2 Å². The molecular weight excluding hydrogens is 356 g/mol. The van der Waals surface area contributed by atoms with Crippen molar-refractivity contribution in [3.05, 3.63) is 54.7 Å². The molecule has 8 heteroatoms. The van der Waals surface area contributed by atoms with Crippen molar-refractivity contribution in [2.24, 2.45) is 0 Å². The Morgan fingerprint density at radius 3 is 2.96 bits per heavy atom. The number of aliphatic hydroxyl groups excluding tert-OH is 1. The lowest BCUT2D eigenvalue weighted by molar-refractivity contribution is -0.0437. The summed E-state index contributed by atoms with van der Waals surface area (Å²) in [6, 6.07) is 9.83. The number of nitrogens with one attached hydrogen (secondary N) is 1. The Bertz CT molecular complexity index is 1090. The quantitative estimate of drug-likeness (QED) is 0.536. The minimum Gasteiger partial charge on any atom is -0.384 e. The molecule has 0 unspecified atom stereocenters. The van der Waals surface area contributed by atoms with Crippen molar-refractivity contribution in [1.82, 2.24) is 29.7 Å². The van der Waals surface area contributed by atoms with Gasteiger partial charge in [-0.25, -0.2) is 15.0 Å². The summed E-state index contributed by atoms with van der Waals surface area (Å²) in [5.74, 6) is 0.710. The normalized spacial score (nSPS) is 15.6. The van der Waals surface area contributed by atoms with E-state index in [1.54, 1.807) is 6.20 Å². The third kappa shape index (κ3) is 3.17. The first-order chi connectivity index (χ1) is 13.8. The van der Waals surface area contributed by atoms with E-state index in [1.165, 1.54) is 12.7 Å². The summed E-state index contributed by atoms with van der Waals surface area (Å²) in [5, 5.41) is 17.1. The summed E-state index contributed by atoms with van der Waals surface area (Å²) in [5.41, 5.74) is 3.86. The van der Waals surface area contributed by atoms with Gasteiger partial charge in [-0.1, -0.05) is 12.1 Å². The van der Waals surface area contributed by atoms with Crippen molar-refractivity contribution in [2.45, 2.75) is 31.5 Å². The average Bonchev–Trinajstić information content (AvgIpc) is 3.36. The van der Waals surface area contributed by atoms with Gasteiger partial charge in [-0.15, -0.1) is 0 Å². The van der Waals surface area contributed by atoms with Crippen molar-refractivity contribution >= 4 is 11.2 Å². The number of aromatic nitrogens is 6. The maximum atomic E-state index is 10.4. The largest absolute Gasteiger partial charge is 0.384 e. The van der Waals surface area contributed by atoms with Crippen molar-refractivity contribution in [3.63, 3.8) is 0 Å². The van der Waals surface area contributed by atoms with Gasteiger partial charge in [0.25, 0.3) is 0 Å². The number of aliphatic hydroxyl groups is 1. The predicted molar refractivity (Wildman–Crippen MR) is 103 cm³/mol. The maximum absolute atomic E-state index is 10.4. The average molecular weight is 376 g/mol. The summed E-state index contributed by atoms with van der Waals surface area (Å²) in [4.78, 5) is 13.3. The molecule has 142 valence electrons. The van der Waals surface area contributed by atoms with E-state index in [0.29, 0.717) is 11.5 Å². The topological polar surface area (TPSA) is 102 Å². The van der Waals surface area contributed by atoms with E-state index < -0.39 is 6.10 Å². The Morgan fingerprint density at radius 2 is 2.18 bits per heavy atom. The summed E-state index contributed by atoms with van der Waals surface area (Å²) in [6.45, 7) is 0.255. The molecule has 3 aromatic heterocycles. The number of aromatic amines is 1. The SMILES string of the molecule is O[C@H](COC1CCC1)c1cnc2c(ccn2-c2cccc(-c3ncn[nH]3)c2)n1. The molecule has 0 radical (unpaired) electrons. The first-order valence-electron chi connectivity index (χ1n) is 9.38. The number of hydrogen-bond acceptors (Lipinski definition) is 6. The molecule has 1 saturated carbocycles. The fourth-order valence-electron chi connectivity index (χ4n) is 3.29. The van der Waals surface area contributed by atoms with Crippen molar-refractivity contribution in [3.8, 4) is 17.1 Å². The number of benzene rings is 1. The van der Waals surface area contributed by atoms with Gasteiger partial charge in [0, 0.05) is 17.4 Å². The fraction of sp³-hybridized carbons (Fsp3) is 0.300. The summed E-state index contributed by atoms with van der Waals surface area (Å²) in [7, 11) is 0. The fourth-order valence-corrected chi connectivity index (χ4v) is 3.29. The third-order valence-electron chi connectivity index (χ3n) is 5.10. The molecule has 3 heterocycles. The second kappa shape index (κ2) is 7.14. The minimum atomic E-state index is -0.768. The zero-order valence-corrected chi connectivity index (χ0v) is 15.2. The number of ether oxygens (including phenoxy) is 1. The van der Waals surface area contributed by atoms with Gasteiger partial charge in [0.15, 0.2) is 11.5 Å². The van der Waals surface area contributed by atoms with Crippen molar-refractivity contribution in [2.75, 3.05) is 6.61 Å². The smallest absolute Gasteiger partial charge is 0.163 e. The molecule has 1 aliphatic rings. The van der Waals surface area contributed by atoms with Gasteiger partial charge >= 0.3 is 0 Å². The highest BCUT2D eigenvalue weighted by Gasteiger charge is 2.20. The molecule has 2 N–H and O–H groups in total. The standard InChI is InChI=1S/C20H20N6O2/c27-18(11-28-15-5-2-6-15)17-10-21-20-16(24-17)7-8-26(20)14-4-1-3-13(9-14)19-22-12-23-25-19/h1,3-4,7-10,12,15,18,27H,2,5-6,11H2,(H,22,23,25)/t18-/m1/s1. The predicted octanol–water partition coefficient (Wildman–Crippen LogP) is 2.81. The van der Waals surface area contributed by atoms with Crippen LogP contribution in [0.1, 0.15) is 31.1 Å². The van der Waals surface area contributed by atoms with Gasteiger partial charge in [0.05, 0.1) is 24.6 Å². The number of rotatable bonds is 6. The van der Waals surface area contributed by atoms with Crippen LogP contribution >= 0.6 is 0 Å². The molecule has 8 nitrogen and oxygen atoms in total. The van der Waals surface area contributed by atoms with Crippen molar-refractivity contribution in [1.29, 1.82) is 0 Å². The van der Waals surface area contributed by atoms with E-state index in [-0.39, 0.29) is 12.7 Å². The van der Waals surface area contributed by atoms with E-state index in [0.717, 1.165) is 35.3 Å². The van der Waals surface area contributed by atoms with E-state index in [1.807, 2.05) is 41.1 Å². The van der Waals surface area contributed by atoms with Crippen LogP contribution in [-0.2, 0) is 4.74 Å². The summed E-state index contributed by atoms with van der Waals surface area (Å²) >= 11 is 0. The van der Waals surface area contributed by atoms with Crippen LogP contribution in [0.15, 0.2) is 49.1 Å². The molecule has 1 aromatic carbocycles. The minimum absolute atomic E-state index is 0.255. The molecule has 5 rings (SSSR count). The van der Waals surface area contributed by atoms with Gasteiger partial charge in [-0.3, -0.25) is 9.67 Å². The lowest BCUT2D eigenvalue weighted by Gasteiger charge is -2.26. The number of H-pyrrole nitrogens is 1. The van der Waals surface area contributed by atoms with Crippen LogP contribution in [0.3, 0.4) is 0 Å². The molecule has 0 amide bonds. The molecular formula is C20H20N6O2. The molecule has 0 bridgehead atoms. The first kappa shape index (κ1) is 17.0. The summed E-state index contributed by atoms with van der Waals surface area (Å²) < 4.78 is 7.65. The highest BCUT2D eigenvalue weighted by atomic mass is 16.5. The van der Waals surface area contributed by atoms with Crippen LogP contribution in [-0.4, -0.2) is 47.5 Å². The van der Waals surface area contributed by atoms with E-state index in [4.69, 9.17) is 4.74 Å². The molecule has 1 atom stereocenters. The van der Waals surface area contributed by atoms with Gasteiger partial charge in [0.2, 0.25) is 0 Å². The molecule has 1 fully saturated rings. The molecule has 4 aromatic rings. The number of nitrogens with zero attached hydrogens (tertiary/aromatic N) is 5. The second-order valence-electron chi connectivity index (χ2n) is 6.98. The molecule has 28 heavy (non-hydrogen) atoms.